The van der Waals surface area contributed by atoms with Gasteiger partial charge in [0, 0.05) is 18.3 Å². The number of benzene rings is 1. The van der Waals surface area contributed by atoms with Gasteiger partial charge < -0.3 is 19.8 Å². The highest BCUT2D eigenvalue weighted by molar-refractivity contribution is 6.14. The van der Waals surface area contributed by atoms with Crippen molar-refractivity contribution in [2.45, 2.75) is 39.2 Å². The van der Waals surface area contributed by atoms with E-state index in [-0.39, 0.29) is 29.3 Å². The number of methoxy groups -OCH3 is 1. The van der Waals surface area contributed by atoms with Gasteiger partial charge in [-0.2, -0.15) is 5.26 Å². The molecule has 0 atom stereocenters. The maximum Gasteiger partial charge on any atom is 0.421 e. The molecule has 0 spiro atoms. The summed E-state index contributed by atoms with van der Waals surface area (Å²) in [7, 11) is 1.22. The first kappa shape index (κ1) is 20.9. The second-order valence-corrected chi connectivity index (χ2v) is 7.80. The zero-order valence-corrected chi connectivity index (χ0v) is 17.2. The number of amides is 2. The van der Waals surface area contributed by atoms with E-state index in [4.69, 9.17) is 15.2 Å². The molecule has 156 valence electrons. The van der Waals surface area contributed by atoms with Crippen molar-refractivity contribution >= 4 is 29.3 Å². The van der Waals surface area contributed by atoms with E-state index in [1.165, 1.54) is 17.9 Å². The summed E-state index contributed by atoms with van der Waals surface area (Å²) in [6, 6.07) is 6.92. The van der Waals surface area contributed by atoms with Gasteiger partial charge in [-0.05, 0) is 51.0 Å². The van der Waals surface area contributed by atoms with Crippen LogP contribution < -0.4 is 10.6 Å². The number of aromatic nitrogens is 1. The number of rotatable bonds is 2. The maximum atomic E-state index is 12.6. The topological polar surface area (TPSA) is 128 Å². The minimum absolute atomic E-state index is 0.0210. The lowest BCUT2D eigenvalue weighted by atomic mass is 10.0. The summed E-state index contributed by atoms with van der Waals surface area (Å²) in [6.45, 7) is 5.17. The molecule has 1 aromatic carbocycles. The third kappa shape index (κ3) is 3.72. The minimum atomic E-state index is -0.749. The Morgan fingerprint density at radius 1 is 1.23 bits per heavy atom. The van der Waals surface area contributed by atoms with Gasteiger partial charge in [-0.1, -0.05) is 0 Å². The number of esters is 1. The van der Waals surface area contributed by atoms with E-state index in [2.05, 4.69) is 0 Å². The number of carbonyl (C=O) groups is 3. The monoisotopic (exact) mass is 410 g/mol. The second-order valence-electron chi connectivity index (χ2n) is 7.80. The predicted octanol–water partition coefficient (Wildman–Crippen LogP) is 2.93. The molecule has 0 radical (unpaired) electrons. The van der Waals surface area contributed by atoms with Gasteiger partial charge in [0.15, 0.2) is 5.69 Å². The summed E-state index contributed by atoms with van der Waals surface area (Å²) in [5.74, 6) is -1.03. The van der Waals surface area contributed by atoms with Crippen molar-refractivity contribution in [1.82, 2.24) is 4.57 Å². The smallest absolute Gasteiger partial charge is 0.421 e. The van der Waals surface area contributed by atoms with Crippen LogP contribution in [0.1, 0.15) is 48.8 Å². The number of ether oxygens (including phenoxy) is 2. The summed E-state index contributed by atoms with van der Waals surface area (Å²) < 4.78 is 11.6. The fraction of sp³-hybridized carbons (Fsp3) is 0.333. The largest absolute Gasteiger partial charge is 0.464 e. The molecule has 30 heavy (non-hydrogen) atoms. The van der Waals surface area contributed by atoms with Gasteiger partial charge in [-0.15, -0.1) is 0 Å². The van der Waals surface area contributed by atoms with E-state index in [0.717, 1.165) is 10.5 Å². The molecule has 0 unspecified atom stereocenters. The number of hydrogen-bond acceptors (Lipinski definition) is 7. The first-order chi connectivity index (χ1) is 14.1. The highest BCUT2D eigenvalue weighted by Gasteiger charge is 2.33. The molecular weight excluding hydrogens is 388 g/mol. The molecule has 9 nitrogen and oxygen atoms in total. The number of hydrogen-bond donors (Lipinski definition) is 1. The Kier molecular flexibility index (Phi) is 5.27. The number of fused-ring (bicyclic) bond motifs is 1. The van der Waals surface area contributed by atoms with Crippen molar-refractivity contribution in [3.63, 3.8) is 0 Å². The fourth-order valence-corrected chi connectivity index (χ4v) is 3.25. The van der Waals surface area contributed by atoms with Crippen LogP contribution in [0, 0.1) is 11.3 Å². The van der Waals surface area contributed by atoms with Crippen LogP contribution in [-0.2, 0) is 20.7 Å². The highest BCUT2D eigenvalue weighted by Crippen LogP contribution is 2.33. The predicted molar refractivity (Wildman–Crippen MR) is 108 cm³/mol. The van der Waals surface area contributed by atoms with Gasteiger partial charge in [0.25, 0.3) is 0 Å². The molecule has 1 aliphatic heterocycles. The zero-order chi connectivity index (χ0) is 22.2. The number of nitriles is 1. The molecule has 0 fully saturated rings. The van der Waals surface area contributed by atoms with E-state index >= 15 is 0 Å². The Balaban J connectivity index is 2.08. The van der Waals surface area contributed by atoms with Crippen molar-refractivity contribution in [3.05, 3.63) is 41.2 Å². The molecule has 0 saturated carbocycles. The molecule has 3 rings (SSSR count). The van der Waals surface area contributed by atoms with Crippen molar-refractivity contribution in [1.29, 1.82) is 5.26 Å². The molecule has 1 aliphatic rings. The number of aryl methyl sites for hydroxylation is 1. The molecule has 9 heteroatoms. The molecule has 0 bridgehead atoms. The van der Waals surface area contributed by atoms with E-state index in [0.29, 0.717) is 17.8 Å². The number of nitrogens with zero attached hydrogens (tertiary/aromatic N) is 3. The average molecular weight is 410 g/mol. The molecule has 2 N–H and O–H groups in total. The summed E-state index contributed by atoms with van der Waals surface area (Å²) in [6.07, 6.45) is 1.25. The molecule has 2 amide bonds. The van der Waals surface area contributed by atoms with Crippen LogP contribution in [0.4, 0.5) is 16.2 Å². The molecule has 2 heterocycles. The van der Waals surface area contributed by atoms with Crippen LogP contribution in [-0.4, -0.2) is 35.2 Å². The Morgan fingerprint density at radius 2 is 1.93 bits per heavy atom. The summed E-state index contributed by atoms with van der Waals surface area (Å²) >= 11 is 0. The highest BCUT2D eigenvalue weighted by atomic mass is 16.6. The molecule has 0 saturated heterocycles. The first-order valence-corrected chi connectivity index (χ1v) is 9.26. The lowest BCUT2D eigenvalue weighted by Gasteiger charge is -2.30. The average Bonchev–Trinajstić information content (AvgIpc) is 3.01. The Morgan fingerprint density at radius 3 is 2.53 bits per heavy atom. The third-order valence-electron chi connectivity index (χ3n) is 4.56. The van der Waals surface area contributed by atoms with E-state index in [9.17, 15) is 19.6 Å². The summed E-state index contributed by atoms with van der Waals surface area (Å²) in [4.78, 5) is 38.2. The quantitative estimate of drug-likeness (QED) is 0.754. The number of nitrogens with two attached hydrogens (primary N) is 1. The third-order valence-corrected chi connectivity index (χ3v) is 4.56. The normalized spacial score (nSPS) is 13.4. The standard InChI is InChI=1S/C21H22N4O5/c1-21(2,3)30-20(28)25-15-7-6-14(9-12(15)5-8-16(25)26)24-11-13(10-22)17(23)18(24)19(27)29-4/h6-7,9,11H,5,8,23H2,1-4H3. The van der Waals surface area contributed by atoms with Crippen molar-refractivity contribution in [3.8, 4) is 11.8 Å². The lowest BCUT2D eigenvalue weighted by Crippen LogP contribution is -2.43. The summed E-state index contributed by atoms with van der Waals surface area (Å²) in [5, 5.41) is 9.28. The van der Waals surface area contributed by atoms with Crippen LogP contribution in [0.3, 0.4) is 0 Å². The van der Waals surface area contributed by atoms with E-state index in [1.54, 1.807) is 39.0 Å². The Hall–Kier alpha value is -3.80. The molecule has 0 aliphatic carbocycles. The van der Waals surface area contributed by atoms with Gasteiger partial charge in [0.1, 0.15) is 11.7 Å². The zero-order valence-electron chi connectivity index (χ0n) is 17.2. The van der Waals surface area contributed by atoms with Crippen LogP contribution >= 0.6 is 0 Å². The van der Waals surface area contributed by atoms with Gasteiger partial charge in [0.2, 0.25) is 5.91 Å². The maximum absolute atomic E-state index is 12.6. The summed E-state index contributed by atoms with van der Waals surface area (Å²) in [5.41, 5.74) is 7.07. The van der Waals surface area contributed by atoms with Crippen LogP contribution in [0.5, 0.6) is 0 Å². The minimum Gasteiger partial charge on any atom is -0.464 e. The number of imide groups is 1. The number of anilines is 2. The van der Waals surface area contributed by atoms with Crippen molar-refractivity contribution in [2.24, 2.45) is 0 Å². The van der Waals surface area contributed by atoms with Crippen LogP contribution in [0.25, 0.3) is 5.69 Å². The van der Waals surface area contributed by atoms with E-state index in [1.807, 2.05) is 6.07 Å². The SMILES string of the molecule is COC(=O)c1c(N)c(C#N)cn1-c1ccc2c(c1)CCC(=O)N2C(=O)OC(C)(C)C. The van der Waals surface area contributed by atoms with Crippen LogP contribution in [0.2, 0.25) is 0 Å². The van der Waals surface area contributed by atoms with E-state index < -0.39 is 17.7 Å². The van der Waals surface area contributed by atoms with Crippen LogP contribution in [0.15, 0.2) is 24.4 Å². The molecule has 1 aromatic heterocycles. The number of nitrogen functional groups attached to an aromatic ring is 1. The van der Waals surface area contributed by atoms with Gasteiger partial charge >= 0.3 is 12.1 Å². The first-order valence-electron chi connectivity index (χ1n) is 9.26. The lowest BCUT2D eigenvalue weighted by molar-refractivity contribution is -0.118. The fourth-order valence-electron chi connectivity index (χ4n) is 3.25. The Labute approximate surface area is 173 Å². The number of carbonyl (C=O) groups excluding carboxylic acids is 3. The van der Waals surface area contributed by atoms with Gasteiger partial charge in [-0.25, -0.2) is 14.5 Å². The van der Waals surface area contributed by atoms with Crippen molar-refractivity contribution < 1.29 is 23.9 Å². The second kappa shape index (κ2) is 7.55. The molecule has 2 aromatic rings. The van der Waals surface area contributed by atoms with Gasteiger partial charge in [-0.3, -0.25) is 4.79 Å². The van der Waals surface area contributed by atoms with Gasteiger partial charge in [0.05, 0.1) is 24.0 Å². The van der Waals surface area contributed by atoms with Crippen molar-refractivity contribution in [2.75, 3.05) is 17.7 Å². The Bertz CT molecular complexity index is 1090. The molecular formula is C21H22N4O5.